The average Bonchev–Trinajstić information content (AvgIpc) is 2.45. The second-order valence-corrected chi connectivity index (χ2v) is 5.61. The lowest BCUT2D eigenvalue weighted by atomic mass is 9.98. The van der Waals surface area contributed by atoms with E-state index in [2.05, 4.69) is 43.2 Å². The number of pyridine rings is 1. The Bertz CT molecular complexity index is 594. The van der Waals surface area contributed by atoms with E-state index < -0.39 is 0 Å². The summed E-state index contributed by atoms with van der Waals surface area (Å²) >= 11 is 0. The van der Waals surface area contributed by atoms with Gasteiger partial charge in [-0.3, -0.25) is 4.98 Å². The predicted octanol–water partition coefficient (Wildman–Crippen LogP) is 3.81. The molecule has 0 saturated carbocycles. The van der Waals surface area contributed by atoms with E-state index >= 15 is 0 Å². The van der Waals surface area contributed by atoms with Crippen LogP contribution in [0.25, 0.3) is 0 Å². The fourth-order valence-electron chi connectivity index (χ4n) is 2.43. The van der Waals surface area contributed by atoms with Crippen LogP contribution in [0.4, 0.5) is 0 Å². The van der Waals surface area contributed by atoms with Crippen molar-refractivity contribution in [2.24, 2.45) is 0 Å². The molecule has 0 atom stereocenters. The van der Waals surface area contributed by atoms with Crippen LogP contribution in [0.1, 0.15) is 42.3 Å². The maximum atomic E-state index is 5.86. The van der Waals surface area contributed by atoms with E-state index in [9.17, 15) is 0 Å². The van der Waals surface area contributed by atoms with E-state index in [1.807, 2.05) is 31.3 Å². The Morgan fingerprint density at radius 2 is 1.90 bits per heavy atom. The smallest absolute Gasteiger partial charge is 0.130 e. The number of rotatable bonds is 6. The van der Waals surface area contributed by atoms with Gasteiger partial charge < -0.3 is 10.1 Å². The molecule has 0 spiro atoms. The molecule has 2 aromatic rings. The first-order valence-electron chi connectivity index (χ1n) is 7.43. The lowest BCUT2D eigenvalue weighted by molar-refractivity contribution is 0.300. The normalized spacial score (nSPS) is 10.9. The Morgan fingerprint density at radius 3 is 2.57 bits per heavy atom. The van der Waals surface area contributed by atoms with E-state index in [4.69, 9.17) is 4.74 Å². The molecule has 0 aliphatic rings. The van der Waals surface area contributed by atoms with Crippen LogP contribution in [0.3, 0.4) is 0 Å². The fourth-order valence-corrected chi connectivity index (χ4v) is 2.43. The predicted molar refractivity (Wildman–Crippen MR) is 86.6 cm³/mol. The summed E-state index contributed by atoms with van der Waals surface area (Å²) in [6.07, 6.45) is 0. The summed E-state index contributed by atoms with van der Waals surface area (Å²) in [6.45, 7) is 7.82. The molecule has 1 N–H and O–H groups in total. The summed E-state index contributed by atoms with van der Waals surface area (Å²) in [4.78, 5) is 4.56. The molecule has 0 radical (unpaired) electrons. The Morgan fingerprint density at radius 1 is 1.14 bits per heavy atom. The zero-order chi connectivity index (χ0) is 15.2. The monoisotopic (exact) mass is 284 g/mol. The van der Waals surface area contributed by atoms with Gasteiger partial charge in [0.1, 0.15) is 12.4 Å². The molecular weight excluding hydrogens is 260 g/mol. The third-order valence-corrected chi connectivity index (χ3v) is 3.47. The van der Waals surface area contributed by atoms with Crippen LogP contribution in [0.15, 0.2) is 36.4 Å². The summed E-state index contributed by atoms with van der Waals surface area (Å²) in [5.74, 6) is 1.44. The van der Waals surface area contributed by atoms with Crippen LogP contribution in [0, 0.1) is 6.92 Å². The Labute approximate surface area is 127 Å². The number of nitrogens with zero attached hydrogens (tertiary/aromatic N) is 1. The van der Waals surface area contributed by atoms with Crippen LogP contribution in [-0.2, 0) is 13.2 Å². The molecule has 112 valence electrons. The number of aromatic nitrogens is 1. The molecule has 3 nitrogen and oxygen atoms in total. The van der Waals surface area contributed by atoms with Gasteiger partial charge in [-0.1, -0.05) is 26.0 Å². The number of hydrogen-bond acceptors (Lipinski definition) is 3. The Hall–Kier alpha value is -1.87. The first kappa shape index (κ1) is 15.5. The quantitative estimate of drug-likeness (QED) is 0.876. The van der Waals surface area contributed by atoms with Gasteiger partial charge in [0.15, 0.2) is 0 Å². The minimum absolute atomic E-state index is 0.498. The maximum absolute atomic E-state index is 5.86. The molecule has 0 aliphatic carbocycles. The Kier molecular flexibility index (Phi) is 5.34. The first-order valence-corrected chi connectivity index (χ1v) is 7.43. The van der Waals surface area contributed by atoms with Crippen LogP contribution in [0.2, 0.25) is 0 Å². The third kappa shape index (κ3) is 4.30. The molecule has 1 heterocycles. The van der Waals surface area contributed by atoms with Crippen molar-refractivity contribution in [2.75, 3.05) is 7.05 Å². The molecule has 0 amide bonds. The highest BCUT2D eigenvalue weighted by atomic mass is 16.5. The zero-order valence-corrected chi connectivity index (χ0v) is 13.3. The van der Waals surface area contributed by atoms with Gasteiger partial charge in [0.25, 0.3) is 0 Å². The molecule has 2 rings (SSSR count). The average molecular weight is 284 g/mol. The maximum Gasteiger partial charge on any atom is 0.130 e. The minimum atomic E-state index is 0.498. The van der Waals surface area contributed by atoms with Crippen LogP contribution < -0.4 is 10.1 Å². The lowest BCUT2D eigenvalue weighted by Crippen LogP contribution is -2.08. The zero-order valence-electron chi connectivity index (χ0n) is 13.3. The van der Waals surface area contributed by atoms with Crippen LogP contribution >= 0.6 is 0 Å². The molecule has 3 heteroatoms. The lowest BCUT2D eigenvalue weighted by Gasteiger charge is -2.12. The van der Waals surface area contributed by atoms with Crippen molar-refractivity contribution in [3.05, 3.63) is 58.9 Å². The molecule has 0 unspecified atom stereocenters. The number of benzene rings is 1. The second kappa shape index (κ2) is 7.23. The van der Waals surface area contributed by atoms with Crippen molar-refractivity contribution in [3.8, 4) is 5.75 Å². The number of aryl methyl sites for hydroxylation is 1. The minimum Gasteiger partial charge on any atom is -0.487 e. The second-order valence-electron chi connectivity index (χ2n) is 5.61. The van der Waals surface area contributed by atoms with Crippen molar-refractivity contribution < 1.29 is 4.74 Å². The van der Waals surface area contributed by atoms with Gasteiger partial charge in [0.05, 0.1) is 11.4 Å². The summed E-state index contributed by atoms with van der Waals surface area (Å²) in [5, 5.41) is 3.11. The van der Waals surface area contributed by atoms with E-state index in [0.717, 1.165) is 23.7 Å². The number of ether oxygens (including phenoxy) is 1. The molecule has 0 bridgehead atoms. The highest BCUT2D eigenvalue weighted by molar-refractivity contribution is 5.36. The van der Waals surface area contributed by atoms with E-state index in [-0.39, 0.29) is 0 Å². The highest BCUT2D eigenvalue weighted by Gasteiger charge is 2.05. The SMILES string of the molecule is CNCc1cccc(COc2ccc(C(C)C)c(C)c2)n1. The third-order valence-electron chi connectivity index (χ3n) is 3.47. The molecule has 0 saturated heterocycles. The summed E-state index contributed by atoms with van der Waals surface area (Å²) in [7, 11) is 1.92. The van der Waals surface area contributed by atoms with Gasteiger partial charge in [-0.25, -0.2) is 0 Å². The molecule has 21 heavy (non-hydrogen) atoms. The van der Waals surface area contributed by atoms with Crippen molar-refractivity contribution >= 4 is 0 Å². The van der Waals surface area contributed by atoms with Crippen molar-refractivity contribution in [1.82, 2.24) is 10.3 Å². The summed E-state index contributed by atoms with van der Waals surface area (Å²) < 4.78 is 5.86. The largest absolute Gasteiger partial charge is 0.487 e. The van der Waals surface area contributed by atoms with Crippen molar-refractivity contribution in [1.29, 1.82) is 0 Å². The topological polar surface area (TPSA) is 34.1 Å². The van der Waals surface area contributed by atoms with Crippen LogP contribution in [0.5, 0.6) is 5.75 Å². The molecule has 0 fully saturated rings. The first-order chi connectivity index (χ1) is 10.1. The number of hydrogen-bond donors (Lipinski definition) is 1. The van der Waals surface area contributed by atoms with Gasteiger partial charge >= 0.3 is 0 Å². The summed E-state index contributed by atoms with van der Waals surface area (Å²) in [6, 6.07) is 12.3. The van der Waals surface area contributed by atoms with Gasteiger partial charge in [-0.15, -0.1) is 0 Å². The van der Waals surface area contributed by atoms with Crippen LogP contribution in [-0.4, -0.2) is 12.0 Å². The van der Waals surface area contributed by atoms with Gasteiger partial charge in [0, 0.05) is 6.54 Å². The summed E-state index contributed by atoms with van der Waals surface area (Å²) in [5.41, 5.74) is 4.63. The number of nitrogens with one attached hydrogen (secondary N) is 1. The molecular formula is C18H24N2O. The van der Waals surface area contributed by atoms with Crippen molar-refractivity contribution in [3.63, 3.8) is 0 Å². The van der Waals surface area contributed by atoms with E-state index in [0.29, 0.717) is 12.5 Å². The standard InChI is InChI=1S/C18H24N2O/c1-13(2)18-9-8-17(10-14(18)3)21-12-16-7-5-6-15(20-16)11-19-4/h5-10,13,19H,11-12H2,1-4H3. The molecule has 1 aromatic carbocycles. The van der Waals surface area contributed by atoms with Gasteiger partial charge in [-0.05, 0) is 55.3 Å². The van der Waals surface area contributed by atoms with Crippen molar-refractivity contribution in [2.45, 2.75) is 39.8 Å². The van der Waals surface area contributed by atoms with E-state index in [1.165, 1.54) is 11.1 Å². The van der Waals surface area contributed by atoms with Gasteiger partial charge in [-0.2, -0.15) is 0 Å². The molecule has 1 aromatic heterocycles. The highest BCUT2D eigenvalue weighted by Crippen LogP contribution is 2.23. The van der Waals surface area contributed by atoms with Gasteiger partial charge in [0.2, 0.25) is 0 Å². The Balaban J connectivity index is 2.03. The fraction of sp³-hybridized carbons (Fsp3) is 0.389. The van der Waals surface area contributed by atoms with E-state index in [1.54, 1.807) is 0 Å². The molecule has 0 aliphatic heterocycles.